The standard InChI is InChI=1S/C16H22N2O3/c1-18(11-16(20)5-8-21-9-6-16)15(19)13-2-3-14-12(10-13)4-7-17-14/h2-3,10,17,20H,4-9,11H2,1H3. The molecule has 0 atom stereocenters. The van der Waals surface area contributed by atoms with Crippen LogP contribution in [0.15, 0.2) is 18.2 Å². The Kier molecular flexibility index (Phi) is 3.87. The van der Waals surface area contributed by atoms with Crippen molar-refractivity contribution in [2.75, 3.05) is 38.7 Å². The van der Waals surface area contributed by atoms with E-state index < -0.39 is 5.60 Å². The summed E-state index contributed by atoms with van der Waals surface area (Å²) in [7, 11) is 1.75. The summed E-state index contributed by atoms with van der Waals surface area (Å²) in [5.74, 6) is -0.0374. The lowest BCUT2D eigenvalue weighted by molar-refractivity contribution is -0.0734. The third-order valence-electron chi connectivity index (χ3n) is 4.36. The van der Waals surface area contributed by atoms with Crippen LogP contribution in [0.3, 0.4) is 0 Å². The van der Waals surface area contributed by atoms with Crippen molar-refractivity contribution >= 4 is 11.6 Å². The van der Waals surface area contributed by atoms with Crippen molar-refractivity contribution in [3.8, 4) is 0 Å². The van der Waals surface area contributed by atoms with Gasteiger partial charge in [-0.15, -0.1) is 0 Å². The summed E-state index contributed by atoms with van der Waals surface area (Å²) in [4.78, 5) is 14.1. The maximum absolute atomic E-state index is 12.5. The maximum Gasteiger partial charge on any atom is 0.253 e. The van der Waals surface area contributed by atoms with Crippen LogP contribution in [0.1, 0.15) is 28.8 Å². The van der Waals surface area contributed by atoms with Crippen LogP contribution in [-0.2, 0) is 11.2 Å². The molecule has 1 fully saturated rings. The first-order chi connectivity index (χ1) is 10.1. The highest BCUT2D eigenvalue weighted by atomic mass is 16.5. The Bertz CT molecular complexity index is 538. The molecule has 5 heteroatoms. The number of carbonyl (C=O) groups excluding carboxylic acids is 1. The number of carbonyl (C=O) groups is 1. The van der Waals surface area contributed by atoms with E-state index in [0.29, 0.717) is 38.2 Å². The minimum atomic E-state index is -0.819. The third kappa shape index (κ3) is 3.04. The smallest absolute Gasteiger partial charge is 0.253 e. The molecule has 2 N–H and O–H groups in total. The molecule has 2 aliphatic rings. The van der Waals surface area contributed by atoms with Gasteiger partial charge in [-0.2, -0.15) is 0 Å². The number of hydrogen-bond acceptors (Lipinski definition) is 4. The largest absolute Gasteiger partial charge is 0.388 e. The highest BCUT2D eigenvalue weighted by Crippen LogP contribution is 2.25. The number of aliphatic hydroxyl groups is 1. The predicted octanol–water partition coefficient (Wildman–Crippen LogP) is 1.27. The monoisotopic (exact) mass is 290 g/mol. The summed E-state index contributed by atoms with van der Waals surface area (Å²) in [5, 5.41) is 13.8. The Hall–Kier alpha value is -1.59. The van der Waals surface area contributed by atoms with E-state index in [4.69, 9.17) is 4.74 Å². The first-order valence-electron chi connectivity index (χ1n) is 7.50. The quantitative estimate of drug-likeness (QED) is 0.880. The molecule has 1 amide bonds. The summed E-state index contributed by atoms with van der Waals surface area (Å²) in [6.07, 6.45) is 2.12. The van der Waals surface area contributed by atoms with E-state index in [1.165, 1.54) is 5.56 Å². The highest BCUT2D eigenvalue weighted by Gasteiger charge is 2.32. The van der Waals surface area contributed by atoms with Crippen molar-refractivity contribution in [3.05, 3.63) is 29.3 Å². The van der Waals surface area contributed by atoms with Gasteiger partial charge in [-0.1, -0.05) is 0 Å². The molecule has 114 valence electrons. The minimum absolute atomic E-state index is 0.0374. The summed E-state index contributed by atoms with van der Waals surface area (Å²) < 4.78 is 5.27. The number of nitrogens with one attached hydrogen (secondary N) is 1. The van der Waals surface area contributed by atoms with E-state index in [-0.39, 0.29) is 5.91 Å². The summed E-state index contributed by atoms with van der Waals surface area (Å²) in [6.45, 7) is 2.40. The zero-order valence-electron chi connectivity index (χ0n) is 12.4. The number of hydrogen-bond donors (Lipinski definition) is 2. The Morgan fingerprint density at radius 2 is 2.19 bits per heavy atom. The normalized spacial score (nSPS) is 19.7. The molecule has 21 heavy (non-hydrogen) atoms. The number of nitrogens with zero attached hydrogens (tertiary/aromatic N) is 1. The number of anilines is 1. The topological polar surface area (TPSA) is 61.8 Å². The Labute approximate surface area is 124 Å². The maximum atomic E-state index is 12.5. The van der Waals surface area contributed by atoms with Gasteiger partial charge in [0.25, 0.3) is 5.91 Å². The van der Waals surface area contributed by atoms with Gasteiger partial charge < -0.3 is 20.1 Å². The number of fused-ring (bicyclic) bond motifs is 1. The van der Waals surface area contributed by atoms with E-state index >= 15 is 0 Å². The molecular weight excluding hydrogens is 268 g/mol. The van der Waals surface area contributed by atoms with Crippen molar-refractivity contribution in [2.24, 2.45) is 0 Å². The molecule has 5 nitrogen and oxygen atoms in total. The molecule has 0 radical (unpaired) electrons. The van der Waals surface area contributed by atoms with Gasteiger partial charge in [0.1, 0.15) is 0 Å². The zero-order chi connectivity index (χ0) is 14.9. The van der Waals surface area contributed by atoms with Crippen molar-refractivity contribution in [1.29, 1.82) is 0 Å². The second-order valence-electron chi connectivity index (χ2n) is 6.05. The predicted molar refractivity (Wildman–Crippen MR) is 80.6 cm³/mol. The van der Waals surface area contributed by atoms with Crippen LogP contribution in [-0.4, -0.2) is 54.9 Å². The van der Waals surface area contributed by atoms with Gasteiger partial charge in [0.2, 0.25) is 0 Å². The number of rotatable bonds is 3. The van der Waals surface area contributed by atoms with E-state index in [1.54, 1.807) is 11.9 Å². The molecule has 1 saturated heterocycles. The molecule has 1 aromatic carbocycles. The second kappa shape index (κ2) is 5.66. The van der Waals surface area contributed by atoms with Crippen LogP contribution in [0.5, 0.6) is 0 Å². The molecule has 0 unspecified atom stereocenters. The number of ether oxygens (including phenoxy) is 1. The minimum Gasteiger partial charge on any atom is -0.388 e. The van der Waals surface area contributed by atoms with Crippen LogP contribution in [0.25, 0.3) is 0 Å². The first-order valence-corrected chi connectivity index (χ1v) is 7.50. The van der Waals surface area contributed by atoms with Gasteiger partial charge in [-0.3, -0.25) is 4.79 Å². The van der Waals surface area contributed by atoms with Gasteiger partial charge in [0, 0.05) is 57.4 Å². The lowest BCUT2D eigenvalue weighted by Crippen LogP contribution is -2.47. The summed E-state index contributed by atoms with van der Waals surface area (Å²) in [6, 6.07) is 5.78. The molecule has 0 bridgehead atoms. The molecule has 3 rings (SSSR count). The van der Waals surface area contributed by atoms with Gasteiger partial charge in [0.15, 0.2) is 0 Å². The molecule has 2 heterocycles. The summed E-state index contributed by atoms with van der Waals surface area (Å²) in [5.41, 5.74) is 2.19. The molecule has 0 saturated carbocycles. The molecular formula is C16H22N2O3. The van der Waals surface area contributed by atoms with Crippen molar-refractivity contribution < 1.29 is 14.6 Å². The average molecular weight is 290 g/mol. The average Bonchev–Trinajstić information content (AvgIpc) is 2.94. The molecule has 1 aromatic rings. The van der Waals surface area contributed by atoms with Gasteiger partial charge in [0.05, 0.1) is 5.60 Å². The number of likely N-dealkylation sites (N-methyl/N-ethyl adjacent to an activating group) is 1. The second-order valence-corrected chi connectivity index (χ2v) is 6.05. The van der Waals surface area contributed by atoms with Crippen LogP contribution in [0.2, 0.25) is 0 Å². The molecule has 0 aromatic heterocycles. The Morgan fingerprint density at radius 3 is 2.95 bits per heavy atom. The lowest BCUT2D eigenvalue weighted by Gasteiger charge is -2.35. The first kappa shape index (κ1) is 14.4. The van der Waals surface area contributed by atoms with Crippen molar-refractivity contribution in [3.63, 3.8) is 0 Å². The lowest BCUT2D eigenvalue weighted by atomic mass is 9.93. The highest BCUT2D eigenvalue weighted by molar-refractivity contribution is 5.95. The number of amides is 1. The fraction of sp³-hybridized carbons (Fsp3) is 0.562. The zero-order valence-corrected chi connectivity index (χ0v) is 12.4. The summed E-state index contributed by atoms with van der Waals surface area (Å²) >= 11 is 0. The Morgan fingerprint density at radius 1 is 1.43 bits per heavy atom. The van der Waals surface area contributed by atoms with Crippen molar-refractivity contribution in [2.45, 2.75) is 24.9 Å². The van der Waals surface area contributed by atoms with Crippen LogP contribution >= 0.6 is 0 Å². The third-order valence-corrected chi connectivity index (χ3v) is 4.36. The van der Waals surface area contributed by atoms with E-state index in [9.17, 15) is 9.90 Å². The van der Waals surface area contributed by atoms with Crippen LogP contribution in [0, 0.1) is 0 Å². The van der Waals surface area contributed by atoms with Crippen LogP contribution < -0.4 is 5.32 Å². The molecule has 0 aliphatic carbocycles. The fourth-order valence-corrected chi connectivity index (χ4v) is 3.08. The van der Waals surface area contributed by atoms with E-state index in [1.807, 2.05) is 18.2 Å². The van der Waals surface area contributed by atoms with E-state index in [2.05, 4.69) is 5.32 Å². The fourth-order valence-electron chi connectivity index (χ4n) is 3.08. The van der Waals surface area contributed by atoms with Crippen molar-refractivity contribution in [1.82, 2.24) is 4.90 Å². The van der Waals surface area contributed by atoms with Crippen LogP contribution in [0.4, 0.5) is 5.69 Å². The van der Waals surface area contributed by atoms with Gasteiger partial charge >= 0.3 is 0 Å². The SMILES string of the molecule is CN(CC1(O)CCOCC1)C(=O)c1ccc2c(c1)CCN2. The van der Waals surface area contributed by atoms with Gasteiger partial charge in [-0.05, 0) is 30.2 Å². The van der Waals surface area contributed by atoms with Gasteiger partial charge in [-0.25, -0.2) is 0 Å². The number of benzene rings is 1. The molecule has 2 aliphatic heterocycles. The van der Waals surface area contributed by atoms with E-state index in [0.717, 1.165) is 18.7 Å². The molecule has 0 spiro atoms. The Balaban J connectivity index is 1.69.